The second kappa shape index (κ2) is 4.90. The number of thioether (sulfide) groups is 1. The third-order valence-electron chi connectivity index (χ3n) is 3.66. The molecule has 1 aliphatic carbocycles. The monoisotopic (exact) mass is 291 g/mol. The van der Waals surface area contributed by atoms with E-state index in [1.165, 1.54) is 6.07 Å². The van der Waals surface area contributed by atoms with Crippen LogP contribution >= 0.6 is 11.8 Å². The number of aliphatic hydroxyl groups excluding tert-OH is 1. The van der Waals surface area contributed by atoms with E-state index in [1.807, 2.05) is 13.8 Å². The van der Waals surface area contributed by atoms with Gasteiger partial charge < -0.3 is 10.4 Å². The average Bonchev–Trinajstić information content (AvgIpc) is 2.29. The molecule has 6 heteroatoms. The average molecular weight is 291 g/mol. The van der Waals surface area contributed by atoms with Crippen molar-refractivity contribution >= 4 is 17.4 Å². The molecule has 0 heterocycles. The molecule has 1 saturated carbocycles. The number of rotatable bonds is 3. The Hall–Kier alpha value is -0.880. The highest BCUT2D eigenvalue weighted by atomic mass is 32.2. The Morgan fingerprint density at radius 3 is 2.47 bits per heavy atom. The van der Waals surface area contributed by atoms with E-state index in [4.69, 9.17) is 0 Å². The summed E-state index contributed by atoms with van der Waals surface area (Å²) < 4.78 is 37.4. The van der Waals surface area contributed by atoms with Crippen molar-refractivity contribution < 1.29 is 18.3 Å². The van der Waals surface area contributed by atoms with Crippen LogP contribution in [0.25, 0.3) is 0 Å². The number of hydrogen-bond donors (Lipinski definition) is 2. The fourth-order valence-corrected chi connectivity index (χ4v) is 2.77. The predicted molar refractivity (Wildman–Crippen MR) is 70.2 cm³/mol. The number of nitrogens with one attached hydrogen (secondary N) is 1. The largest absolute Gasteiger partial charge is 0.446 e. The van der Waals surface area contributed by atoms with Gasteiger partial charge in [0.1, 0.15) is 0 Å². The number of alkyl halides is 3. The Labute approximate surface area is 114 Å². The Morgan fingerprint density at radius 2 is 1.95 bits per heavy atom. The van der Waals surface area contributed by atoms with Crippen LogP contribution in [0.2, 0.25) is 0 Å². The van der Waals surface area contributed by atoms with Gasteiger partial charge >= 0.3 is 5.51 Å². The second-order valence-corrected chi connectivity index (χ2v) is 6.42. The topological polar surface area (TPSA) is 32.3 Å². The first-order valence-corrected chi connectivity index (χ1v) is 6.81. The summed E-state index contributed by atoms with van der Waals surface area (Å²) in [6.07, 6.45) is 0.144. The molecule has 1 fully saturated rings. The lowest BCUT2D eigenvalue weighted by molar-refractivity contribution is -0.0511. The first-order valence-electron chi connectivity index (χ1n) is 5.99. The third-order valence-corrected chi connectivity index (χ3v) is 4.47. The Morgan fingerprint density at radius 1 is 1.32 bits per heavy atom. The number of aliphatic hydroxyl groups is 1. The molecule has 19 heavy (non-hydrogen) atoms. The van der Waals surface area contributed by atoms with Crippen molar-refractivity contribution in [1.82, 2.24) is 0 Å². The van der Waals surface area contributed by atoms with Gasteiger partial charge in [-0.1, -0.05) is 26.0 Å². The van der Waals surface area contributed by atoms with Crippen LogP contribution < -0.4 is 5.32 Å². The normalized spacial score (nSPS) is 25.8. The van der Waals surface area contributed by atoms with Crippen LogP contribution in [0.3, 0.4) is 0 Å². The van der Waals surface area contributed by atoms with Crippen LogP contribution in [-0.2, 0) is 0 Å². The molecular formula is C13H16F3NOS. The van der Waals surface area contributed by atoms with E-state index >= 15 is 0 Å². The molecule has 0 amide bonds. The summed E-state index contributed by atoms with van der Waals surface area (Å²) >= 11 is -0.120. The molecule has 1 aromatic carbocycles. The maximum atomic E-state index is 12.5. The van der Waals surface area contributed by atoms with Crippen molar-refractivity contribution in [2.45, 2.75) is 42.8 Å². The SMILES string of the molecule is CC1(C)C(O)CC1Nc1ccccc1SC(F)(F)F. The van der Waals surface area contributed by atoms with Gasteiger partial charge in [-0.05, 0) is 30.3 Å². The summed E-state index contributed by atoms with van der Waals surface area (Å²) in [6.45, 7) is 3.80. The fourth-order valence-electron chi connectivity index (χ4n) is 2.13. The summed E-state index contributed by atoms with van der Waals surface area (Å²) in [5.41, 5.74) is -4.16. The zero-order chi connectivity index (χ0) is 14.3. The molecule has 0 spiro atoms. The zero-order valence-electron chi connectivity index (χ0n) is 10.7. The minimum absolute atomic E-state index is 0.0162. The molecule has 2 N–H and O–H groups in total. The molecule has 0 radical (unpaired) electrons. The maximum Gasteiger partial charge on any atom is 0.446 e. The molecule has 2 nitrogen and oxygen atoms in total. The molecule has 1 aliphatic rings. The molecule has 0 saturated heterocycles. The number of hydrogen-bond acceptors (Lipinski definition) is 3. The van der Waals surface area contributed by atoms with E-state index in [-0.39, 0.29) is 28.1 Å². The maximum absolute atomic E-state index is 12.5. The summed E-state index contributed by atoms with van der Waals surface area (Å²) in [5.74, 6) is 0. The Kier molecular flexibility index (Phi) is 3.75. The lowest BCUT2D eigenvalue weighted by atomic mass is 9.64. The standard InChI is InChI=1S/C13H16F3NOS/c1-12(2)10(7-11(12)18)17-8-5-3-4-6-9(8)19-13(14,15)16/h3-6,10-11,17-18H,7H2,1-2H3. The van der Waals surface area contributed by atoms with Crippen molar-refractivity contribution in [2.24, 2.45) is 5.41 Å². The highest BCUT2D eigenvalue weighted by molar-refractivity contribution is 8.00. The van der Waals surface area contributed by atoms with Crippen molar-refractivity contribution in [3.63, 3.8) is 0 Å². The smallest absolute Gasteiger partial charge is 0.392 e. The molecule has 2 rings (SSSR count). The van der Waals surface area contributed by atoms with Crippen LogP contribution in [0.4, 0.5) is 18.9 Å². The highest BCUT2D eigenvalue weighted by Gasteiger charge is 2.47. The van der Waals surface area contributed by atoms with Gasteiger partial charge in [-0.3, -0.25) is 0 Å². The predicted octanol–water partition coefficient (Wildman–Crippen LogP) is 3.87. The molecule has 106 valence electrons. The summed E-state index contributed by atoms with van der Waals surface area (Å²) in [5, 5.41) is 12.8. The van der Waals surface area contributed by atoms with Crippen LogP contribution in [0.1, 0.15) is 20.3 Å². The quantitative estimate of drug-likeness (QED) is 0.829. The van der Waals surface area contributed by atoms with Crippen molar-refractivity contribution in [1.29, 1.82) is 0 Å². The van der Waals surface area contributed by atoms with E-state index in [0.717, 1.165) is 0 Å². The molecule has 0 bridgehead atoms. The second-order valence-electron chi connectivity index (χ2n) is 5.31. The first-order chi connectivity index (χ1) is 8.70. The molecule has 0 aromatic heterocycles. The van der Waals surface area contributed by atoms with Gasteiger partial charge in [0, 0.05) is 22.0 Å². The van der Waals surface area contributed by atoms with E-state index in [0.29, 0.717) is 12.1 Å². The van der Waals surface area contributed by atoms with E-state index < -0.39 is 11.6 Å². The zero-order valence-corrected chi connectivity index (χ0v) is 11.5. The fraction of sp³-hybridized carbons (Fsp3) is 0.538. The first kappa shape index (κ1) is 14.5. The summed E-state index contributed by atoms with van der Waals surface area (Å²) in [7, 11) is 0. The van der Waals surface area contributed by atoms with Gasteiger partial charge in [-0.25, -0.2) is 0 Å². The van der Waals surface area contributed by atoms with Crippen LogP contribution in [0.15, 0.2) is 29.2 Å². The van der Waals surface area contributed by atoms with E-state index in [1.54, 1.807) is 18.2 Å². The van der Waals surface area contributed by atoms with Crippen molar-refractivity contribution in [2.75, 3.05) is 5.32 Å². The lowest BCUT2D eigenvalue weighted by Gasteiger charge is -2.50. The Balaban J connectivity index is 2.13. The molecular weight excluding hydrogens is 275 g/mol. The molecule has 1 aromatic rings. The lowest BCUT2D eigenvalue weighted by Crippen LogP contribution is -2.56. The van der Waals surface area contributed by atoms with Gasteiger partial charge in [-0.15, -0.1) is 0 Å². The summed E-state index contributed by atoms with van der Waals surface area (Å²) in [6, 6.07) is 6.35. The Bertz CT molecular complexity index is 461. The van der Waals surface area contributed by atoms with Crippen LogP contribution in [0, 0.1) is 5.41 Å². The molecule has 0 aliphatic heterocycles. The number of halogens is 3. The van der Waals surface area contributed by atoms with E-state index in [9.17, 15) is 18.3 Å². The minimum Gasteiger partial charge on any atom is -0.392 e. The number of anilines is 1. The van der Waals surface area contributed by atoms with Crippen LogP contribution in [0.5, 0.6) is 0 Å². The molecule has 2 unspecified atom stereocenters. The number of benzene rings is 1. The van der Waals surface area contributed by atoms with Gasteiger partial charge in [0.05, 0.1) is 6.10 Å². The minimum atomic E-state index is -4.30. The van der Waals surface area contributed by atoms with Gasteiger partial charge in [-0.2, -0.15) is 13.2 Å². The van der Waals surface area contributed by atoms with Gasteiger partial charge in [0.2, 0.25) is 0 Å². The van der Waals surface area contributed by atoms with Gasteiger partial charge in [0.25, 0.3) is 0 Å². The number of para-hydroxylation sites is 1. The van der Waals surface area contributed by atoms with Crippen molar-refractivity contribution in [3.05, 3.63) is 24.3 Å². The van der Waals surface area contributed by atoms with Crippen LogP contribution in [-0.4, -0.2) is 22.8 Å². The molecule has 2 atom stereocenters. The highest BCUT2D eigenvalue weighted by Crippen LogP contribution is 2.45. The van der Waals surface area contributed by atoms with E-state index in [2.05, 4.69) is 5.32 Å². The van der Waals surface area contributed by atoms with Gasteiger partial charge in [0.15, 0.2) is 0 Å². The third kappa shape index (κ3) is 3.17. The summed E-state index contributed by atoms with van der Waals surface area (Å²) in [4.78, 5) is 0.159. The van der Waals surface area contributed by atoms with Crippen molar-refractivity contribution in [3.8, 4) is 0 Å².